The minimum absolute atomic E-state index is 0.474. The number of hydrogen-bond acceptors (Lipinski definition) is 3. The third-order valence-corrected chi connectivity index (χ3v) is 10.1. The molecule has 0 spiro atoms. The molecule has 5 nitrogen and oxygen atoms in total. The first-order chi connectivity index (χ1) is 27.2. The van der Waals surface area contributed by atoms with E-state index < -0.39 is 0 Å². The highest BCUT2D eigenvalue weighted by Crippen LogP contribution is 2.39. The Labute approximate surface area is 319 Å². The minimum atomic E-state index is 0.474. The molecule has 262 valence electrons. The van der Waals surface area contributed by atoms with Gasteiger partial charge in [0, 0.05) is 17.3 Å². The summed E-state index contributed by atoms with van der Waals surface area (Å²) in [6.07, 6.45) is 8.04. The zero-order valence-corrected chi connectivity index (χ0v) is 30.4. The standard InChI is InChI=1S/C50H36N4O/c1-3-35(26-23-33-24-27-36(28-25-33)43-31-46-47(42-21-12-11-20-41(42)43)48-45(55-46)22-13-29-52-48)49(53-32-34-14-5-4-6-15-34)54-50(51-2)44-30-37-16-7-8-17-38(37)39-18-9-10-19-40(39)44/h3-31H,2,32H2,1H3/b26-23-,35-3-,53-49-,54-50-. The fourth-order valence-electron chi connectivity index (χ4n) is 7.41. The summed E-state index contributed by atoms with van der Waals surface area (Å²) in [5.41, 5.74) is 8.66. The minimum Gasteiger partial charge on any atom is -0.454 e. The van der Waals surface area contributed by atoms with Gasteiger partial charge in [-0.1, -0.05) is 146 Å². The van der Waals surface area contributed by atoms with Crippen LogP contribution in [0.2, 0.25) is 0 Å². The van der Waals surface area contributed by atoms with Gasteiger partial charge in [-0.15, -0.1) is 0 Å². The van der Waals surface area contributed by atoms with Gasteiger partial charge in [-0.3, -0.25) is 9.98 Å². The van der Waals surface area contributed by atoms with Crippen molar-refractivity contribution in [3.63, 3.8) is 0 Å². The van der Waals surface area contributed by atoms with E-state index in [1.165, 1.54) is 5.39 Å². The molecule has 0 radical (unpaired) electrons. The van der Waals surface area contributed by atoms with Crippen LogP contribution in [0.15, 0.2) is 195 Å². The molecule has 0 unspecified atom stereocenters. The highest BCUT2D eigenvalue weighted by Gasteiger charge is 2.16. The lowest BCUT2D eigenvalue weighted by molar-refractivity contribution is 0.668. The van der Waals surface area contributed by atoms with Crippen molar-refractivity contribution in [3.05, 3.63) is 192 Å². The fourth-order valence-corrected chi connectivity index (χ4v) is 7.41. The van der Waals surface area contributed by atoms with Crippen LogP contribution in [0.3, 0.4) is 0 Å². The second-order valence-corrected chi connectivity index (χ2v) is 13.4. The van der Waals surface area contributed by atoms with Crippen LogP contribution in [0, 0.1) is 0 Å². The molecule has 0 fully saturated rings. The van der Waals surface area contributed by atoms with Crippen LogP contribution in [0.4, 0.5) is 0 Å². The van der Waals surface area contributed by atoms with Gasteiger partial charge in [0.1, 0.15) is 11.1 Å². The molecule has 55 heavy (non-hydrogen) atoms. The van der Waals surface area contributed by atoms with E-state index in [-0.39, 0.29) is 0 Å². The summed E-state index contributed by atoms with van der Waals surface area (Å²) in [7, 11) is 0. The van der Waals surface area contributed by atoms with Gasteiger partial charge in [0.05, 0.1) is 11.9 Å². The largest absolute Gasteiger partial charge is 0.454 e. The Morgan fingerprint density at radius 2 is 1.40 bits per heavy atom. The quantitative estimate of drug-likeness (QED) is 0.0716. The molecule has 9 rings (SSSR count). The Bertz CT molecular complexity index is 3020. The van der Waals surface area contributed by atoms with Crippen molar-refractivity contribution in [1.29, 1.82) is 0 Å². The number of benzene rings is 7. The summed E-state index contributed by atoms with van der Waals surface area (Å²) in [4.78, 5) is 19.3. The summed E-state index contributed by atoms with van der Waals surface area (Å²) in [6.45, 7) is 6.46. The SMILES string of the molecule is C=N\C(=N/C(=N\Cc1ccccc1)C(/C=C\c1ccc(-c2cc3oc4cccnc4c3c3ccccc23)cc1)=C\C)c1cc2ccccc2c2ccccc12. The molecule has 2 heterocycles. The normalized spacial score (nSPS) is 12.9. The number of rotatable bonds is 7. The molecule has 0 aliphatic carbocycles. The van der Waals surface area contributed by atoms with Gasteiger partial charge < -0.3 is 4.42 Å². The summed E-state index contributed by atoms with van der Waals surface area (Å²) >= 11 is 0. The number of aromatic nitrogens is 1. The topological polar surface area (TPSA) is 63.1 Å². The summed E-state index contributed by atoms with van der Waals surface area (Å²) < 4.78 is 6.29. The Balaban J connectivity index is 1.08. The molecule has 0 aliphatic rings. The molecule has 0 saturated heterocycles. The van der Waals surface area contributed by atoms with Crippen LogP contribution in [-0.2, 0) is 6.54 Å². The van der Waals surface area contributed by atoms with E-state index in [2.05, 4.69) is 144 Å². The first-order valence-electron chi connectivity index (χ1n) is 18.4. The van der Waals surface area contributed by atoms with Gasteiger partial charge >= 0.3 is 0 Å². The Morgan fingerprint density at radius 3 is 2.18 bits per heavy atom. The molecule has 0 saturated carbocycles. The number of fused-ring (bicyclic) bond motifs is 8. The first-order valence-corrected chi connectivity index (χ1v) is 18.4. The smallest absolute Gasteiger partial charge is 0.161 e. The lowest BCUT2D eigenvalue weighted by Gasteiger charge is -2.11. The molecule has 2 aromatic heterocycles. The highest BCUT2D eigenvalue weighted by molar-refractivity contribution is 6.23. The lowest BCUT2D eigenvalue weighted by atomic mass is 9.95. The Morgan fingerprint density at radius 1 is 0.691 bits per heavy atom. The monoisotopic (exact) mass is 708 g/mol. The predicted molar refractivity (Wildman–Crippen MR) is 232 cm³/mol. The van der Waals surface area contributed by atoms with E-state index in [4.69, 9.17) is 14.4 Å². The second-order valence-electron chi connectivity index (χ2n) is 13.4. The molecule has 9 aromatic rings. The maximum atomic E-state index is 6.29. The molecular formula is C50H36N4O. The molecule has 5 heteroatoms. The summed E-state index contributed by atoms with van der Waals surface area (Å²) in [6, 6.07) is 52.3. The van der Waals surface area contributed by atoms with Crippen molar-refractivity contribution in [2.24, 2.45) is 15.0 Å². The van der Waals surface area contributed by atoms with E-state index in [1.54, 1.807) is 0 Å². The van der Waals surface area contributed by atoms with E-state index in [0.717, 1.165) is 82.4 Å². The van der Waals surface area contributed by atoms with Crippen LogP contribution < -0.4 is 0 Å². The van der Waals surface area contributed by atoms with Crippen molar-refractivity contribution < 1.29 is 4.42 Å². The number of amidine groups is 2. The molecule has 0 N–H and O–H groups in total. The first kappa shape index (κ1) is 33.6. The van der Waals surface area contributed by atoms with Crippen molar-refractivity contribution in [2.45, 2.75) is 13.5 Å². The van der Waals surface area contributed by atoms with Gasteiger partial charge in [0.15, 0.2) is 17.3 Å². The Hall–Kier alpha value is -7.24. The average Bonchev–Trinajstić information content (AvgIpc) is 3.63. The molecule has 0 aliphatic heterocycles. The molecule has 0 bridgehead atoms. The number of aliphatic imine (C=N–C) groups is 3. The van der Waals surface area contributed by atoms with Crippen molar-refractivity contribution in [3.8, 4) is 11.1 Å². The average molecular weight is 709 g/mol. The van der Waals surface area contributed by atoms with E-state index >= 15 is 0 Å². The third kappa shape index (κ3) is 6.42. The fraction of sp³-hybridized carbons (Fsp3) is 0.0400. The number of hydrogen-bond donors (Lipinski definition) is 0. The van der Waals surface area contributed by atoms with Gasteiger partial charge in [-0.25, -0.2) is 9.98 Å². The van der Waals surface area contributed by atoms with Crippen LogP contribution in [0.5, 0.6) is 0 Å². The van der Waals surface area contributed by atoms with Crippen LogP contribution in [0.25, 0.3) is 71.6 Å². The van der Waals surface area contributed by atoms with E-state index in [1.807, 2.05) is 55.6 Å². The van der Waals surface area contributed by atoms with Crippen LogP contribution >= 0.6 is 0 Å². The zero-order chi connectivity index (χ0) is 37.1. The molecule has 0 amide bonds. The number of furan rings is 1. The van der Waals surface area contributed by atoms with E-state index in [0.29, 0.717) is 18.2 Å². The van der Waals surface area contributed by atoms with Crippen molar-refractivity contribution >= 4 is 78.9 Å². The number of allylic oxidation sites excluding steroid dienone is 1. The van der Waals surface area contributed by atoms with E-state index in [9.17, 15) is 0 Å². The van der Waals surface area contributed by atoms with Crippen LogP contribution in [-0.4, -0.2) is 23.4 Å². The van der Waals surface area contributed by atoms with Gasteiger partial charge in [-0.2, -0.15) is 0 Å². The van der Waals surface area contributed by atoms with Crippen LogP contribution in [0.1, 0.15) is 23.6 Å². The molecular weight excluding hydrogens is 673 g/mol. The lowest BCUT2D eigenvalue weighted by Crippen LogP contribution is -2.07. The molecule has 0 atom stereocenters. The van der Waals surface area contributed by atoms with Gasteiger partial charge in [0.2, 0.25) is 0 Å². The Kier molecular flexibility index (Phi) is 8.94. The summed E-state index contributed by atoms with van der Waals surface area (Å²) in [5.74, 6) is 1.11. The maximum absolute atomic E-state index is 6.29. The second kappa shape index (κ2) is 14.6. The zero-order valence-electron chi connectivity index (χ0n) is 30.4. The molecule has 7 aromatic carbocycles. The van der Waals surface area contributed by atoms with Gasteiger partial charge in [-0.05, 0) is 92.5 Å². The predicted octanol–water partition coefficient (Wildman–Crippen LogP) is 12.8. The number of nitrogens with zero attached hydrogens (tertiary/aromatic N) is 4. The maximum Gasteiger partial charge on any atom is 0.161 e. The third-order valence-electron chi connectivity index (χ3n) is 10.1. The van der Waals surface area contributed by atoms with Gasteiger partial charge in [0.25, 0.3) is 0 Å². The van der Waals surface area contributed by atoms with Crippen molar-refractivity contribution in [1.82, 2.24) is 4.98 Å². The highest BCUT2D eigenvalue weighted by atomic mass is 16.3. The summed E-state index contributed by atoms with van der Waals surface area (Å²) in [5, 5.41) is 7.85. The van der Waals surface area contributed by atoms with Crippen molar-refractivity contribution in [2.75, 3.05) is 0 Å². The number of pyridine rings is 1.